The minimum atomic E-state index is -0.915. The van der Waals surface area contributed by atoms with Gasteiger partial charge in [0.1, 0.15) is 0 Å². The van der Waals surface area contributed by atoms with E-state index < -0.39 is 11.4 Å². The number of carbonyl (C=O) groups excluding carboxylic acids is 1. The second kappa shape index (κ2) is 6.43. The zero-order valence-electron chi connectivity index (χ0n) is 14.2. The van der Waals surface area contributed by atoms with Crippen molar-refractivity contribution in [1.82, 2.24) is 14.9 Å². The molecule has 1 atom stereocenters. The van der Waals surface area contributed by atoms with Crippen molar-refractivity contribution in [1.29, 1.82) is 0 Å². The Hall–Kier alpha value is -2.70. The van der Waals surface area contributed by atoms with Crippen molar-refractivity contribution in [2.24, 2.45) is 12.5 Å². The van der Waals surface area contributed by atoms with Crippen LogP contribution < -0.4 is 10.9 Å². The van der Waals surface area contributed by atoms with Crippen LogP contribution in [0.15, 0.2) is 29.3 Å². The largest absolute Gasteiger partial charge is 0.481 e. The summed E-state index contributed by atoms with van der Waals surface area (Å²) in [5, 5.41) is 12.1. The molecular weight excluding hydrogens is 310 g/mol. The van der Waals surface area contributed by atoms with Crippen molar-refractivity contribution in [2.45, 2.75) is 33.2 Å². The monoisotopic (exact) mass is 331 g/mol. The number of rotatable bonds is 5. The molecule has 7 heteroatoms. The third-order valence-electron chi connectivity index (χ3n) is 4.31. The van der Waals surface area contributed by atoms with E-state index in [2.05, 4.69) is 10.3 Å². The van der Waals surface area contributed by atoms with Crippen molar-refractivity contribution in [3.8, 4) is 0 Å². The van der Waals surface area contributed by atoms with E-state index in [-0.39, 0.29) is 23.9 Å². The van der Waals surface area contributed by atoms with Crippen molar-refractivity contribution in [3.63, 3.8) is 0 Å². The zero-order chi connectivity index (χ0) is 18.1. The van der Waals surface area contributed by atoms with Gasteiger partial charge in [0.05, 0.1) is 23.7 Å². The van der Waals surface area contributed by atoms with Crippen LogP contribution in [0, 0.1) is 5.41 Å². The van der Waals surface area contributed by atoms with Gasteiger partial charge in [0.15, 0.2) is 0 Å². The SMILES string of the molecule is CC(NC(=O)c1ccc2ncn(C)c(=O)c2c1)C(C)(C)CC(=O)O. The van der Waals surface area contributed by atoms with Crippen LogP contribution in [0.25, 0.3) is 10.9 Å². The summed E-state index contributed by atoms with van der Waals surface area (Å²) in [6.45, 7) is 5.33. The molecule has 0 fully saturated rings. The summed E-state index contributed by atoms with van der Waals surface area (Å²) >= 11 is 0. The number of amides is 1. The molecule has 2 N–H and O–H groups in total. The predicted octanol–water partition coefficient (Wildman–Crippen LogP) is 1.55. The molecule has 0 radical (unpaired) electrons. The molecule has 1 unspecified atom stereocenters. The number of aliphatic carboxylic acids is 1. The van der Waals surface area contributed by atoms with Crippen molar-refractivity contribution in [2.75, 3.05) is 0 Å². The first-order chi connectivity index (χ1) is 11.1. The molecule has 2 rings (SSSR count). The van der Waals surface area contributed by atoms with E-state index in [9.17, 15) is 14.4 Å². The maximum absolute atomic E-state index is 12.4. The van der Waals surface area contributed by atoms with Gasteiger partial charge in [-0.15, -0.1) is 0 Å². The molecule has 0 spiro atoms. The van der Waals surface area contributed by atoms with Gasteiger partial charge in [-0.05, 0) is 30.5 Å². The topological polar surface area (TPSA) is 101 Å². The Morgan fingerprint density at radius 1 is 1.38 bits per heavy atom. The van der Waals surface area contributed by atoms with E-state index in [1.165, 1.54) is 17.0 Å². The molecule has 24 heavy (non-hydrogen) atoms. The van der Waals surface area contributed by atoms with E-state index in [0.717, 1.165) is 0 Å². The Labute approximate surface area is 139 Å². The smallest absolute Gasteiger partial charge is 0.303 e. The molecule has 1 aromatic heterocycles. The maximum atomic E-state index is 12.4. The molecule has 0 saturated heterocycles. The second-order valence-corrected chi connectivity index (χ2v) is 6.65. The van der Waals surface area contributed by atoms with Gasteiger partial charge in [-0.3, -0.25) is 14.4 Å². The van der Waals surface area contributed by atoms with E-state index in [1.54, 1.807) is 40.0 Å². The van der Waals surface area contributed by atoms with Gasteiger partial charge in [-0.1, -0.05) is 13.8 Å². The van der Waals surface area contributed by atoms with Crippen LogP contribution in [0.3, 0.4) is 0 Å². The molecule has 128 valence electrons. The summed E-state index contributed by atoms with van der Waals surface area (Å²) in [6.07, 6.45) is 1.37. The highest BCUT2D eigenvalue weighted by Gasteiger charge is 2.30. The molecule has 7 nitrogen and oxygen atoms in total. The minimum Gasteiger partial charge on any atom is -0.481 e. The van der Waals surface area contributed by atoms with E-state index in [0.29, 0.717) is 16.5 Å². The highest BCUT2D eigenvalue weighted by Crippen LogP contribution is 2.25. The number of aromatic nitrogens is 2. The normalized spacial score (nSPS) is 12.8. The van der Waals surface area contributed by atoms with Gasteiger partial charge in [0.2, 0.25) is 0 Å². The molecular formula is C17H21N3O4. The summed E-state index contributed by atoms with van der Waals surface area (Å²) in [6, 6.07) is 4.38. The average Bonchev–Trinajstić information content (AvgIpc) is 2.49. The van der Waals surface area contributed by atoms with Crippen molar-refractivity contribution < 1.29 is 14.7 Å². The Morgan fingerprint density at radius 2 is 2.04 bits per heavy atom. The lowest BCUT2D eigenvalue weighted by molar-refractivity contribution is -0.139. The molecule has 1 heterocycles. The lowest BCUT2D eigenvalue weighted by atomic mass is 9.82. The lowest BCUT2D eigenvalue weighted by Crippen LogP contribution is -2.44. The average molecular weight is 331 g/mol. The molecule has 0 aliphatic carbocycles. The van der Waals surface area contributed by atoms with Crippen LogP contribution >= 0.6 is 0 Å². The van der Waals surface area contributed by atoms with Gasteiger partial charge in [0, 0.05) is 18.7 Å². The number of carboxylic acids is 1. The number of benzene rings is 1. The number of nitrogens with zero attached hydrogens (tertiary/aromatic N) is 2. The van der Waals surface area contributed by atoms with Crippen LogP contribution in [-0.2, 0) is 11.8 Å². The lowest BCUT2D eigenvalue weighted by Gasteiger charge is -2.30. The molecule has 1 amide bonds. The summed E-state index contributed by atoms with van der Waals surface area (Å²) in [4.78, 5) is 39.6. The maximum Gasteiger partial charge on any atom is 0.303 e. The summed E-state index contributed by atoms with van der Waals surface area (Å²) < 4.78 is 1.35. The van der Waals surface area contributed by atoms with E-state index in [1.807, 2.05) is 0 Å². The number of nitrogens with one attached hydrogen (secondary N) is 1. The van der Waals surface area contributed by atoms with Gasteiger partial charge >= 0.3 is 5.97 Å². The number of hydrogen-bond acceptors (Lipinski definition) is 4. The third kappa shape index (κ3) is 3.61. The van der Waals surface area contributed by atoms with Crippen LogP contribution in [0.4, 0.5) is 0 Å². The fourth-order valence-corrected chi connectivity index (χ4v) is 2.37. The Bertz CT molecular complexity index is 855. The minimum absolute atomic E-state index is 0.0589. The zero-order valence-corrected chi connectivity index (χ0v) is 14.2. The summed E-state index contributed by atoms with van der Waals surface area (Å²) in [5.41, 5.74) is 0.0316. The fourth-order valence-electron chi connectivity index (χ4n) is 2.37. The Balaban J connectivity index is 2.27. The molecule has 2 aromatic rings. The van der Waals surface area contributed by atoms with Gasteiger partial charge in [0.25, 0.3) is 11.5 Å². The second-order valence-electron chi connectivity index (χ2n) is 6.65. The fraction of sp³-hybridized carbons (Fsp3) is 0.412. The Kier molecular flexibility index (Phi) is 4.73. The van der Waals surface area contributed by atoms with Crippen molar-refractivity contribution in [3.05, 3.63) is 40.4 Å². The Morgan fingerprint density at radius 3 is 2.67 bits per heavy atom. The summed E-state index contributed by atoms with van der Waals surface area (Å²) in [5.74, 6) is -1.27. The van der Waals surface area contributed by atoms with Gasteiger partial charge in [-0.2, -0.15) is 0 Å². The molecule has 0 aliphatic heterocycles. The number of hydrogen-bond donors (Lipinski definition) is 2. The molecule has 0 saturated carbocycles. The highest BCUT2D eigenvalue weighted by molar-refractivity contribution is 5.97. The van der Waals surface area contributed by atoms with E-state index in [4.69, 9.17) is 5.11 Å². The van der Waals surface area contributed by atoms with E-state index >= 15 is 0 Å². The predicted molar refractivity (Wildman–Crippen MR) is 89.9 cm³/mol. The first-order valence-corrected chi connectivity index (χ1v) is 7.60. The van der Waals surface area contributed by atoms with Crippen LogP contribution in [0.1, 0.15) is 37.6 Å². The number of carbonyl (C=O) groups is 2. The first kappa shape index (κ1) is 17.7. The number of carboxylic acid groups (broad SMARTS) is 1. The van der Waals surface area contributed by atoms with Gasteiger partial charge < -0.3 is 15.0 Å². The summed E-state index contributed by atoms with van der Waals surface area (Å²) in [7, 11) is 1.60. The third-order valence-corrected chi connectivity index (χ3v) is 4.31. The van der Waals surface area contributed by atoms with Crippen LogP contribution in [-0.4, -0.2) is 32.6 Å². The number of fused-ring (bicyclic) bond motifs is 1. The molecule has 0 aliphatic rings. The highest BCUT2D eigenvalue weighted by atomic mass is 16.4. The van der Waals surface area contributed by atoms with Gasteiger partial charge in [-0.25, -0.2) is 4.98 Å². The number of aryl methyl sites for hydroxylation is 1. The first-order valence-electron chi connectivity index (χ1n) is 7.60. The van der Waals surface area contributed by atoms with Crippen LogP contribution in [0.2, 0.25) is 0 Å². The molecule has 0 bridgehead atoms. The quantitative estimate of drug-likeness (QED) is 0.865. The van der Waals surface area contributed by atoms with Crippen LogP contribution in [0.5, 0.6) is 0 Å². The van der Waals surface area contributed by atoms with Crippen molar-refractivity contribution >= 4 is 22.8 Å². The standard InChI is InChI=1S/C17H21N3O4/c1-10(17(2,3)8-14(21)22)19-15(23)11-5-6-13-12(7-11)16(24)20(4)9-18-13/h5-7,9-10H,8H2,1-4H3,(H,19,23)(H,21,22). The molecule has 1 aromatic carbocycles.